The van der Waals surface area contributed by atoms with Gasteiger partial charge in [-0.25, -0.2) is 0 Å². The van der Waals surface area contributed by atoms with Crippen molar-refractivity contribution in [1.29, 1.82) is 0 Å². The molecular formula is C9H18N2O. The average molecular weight is 170 g/mol. The number of nitrogens with one attached hydrogen (secondary N) is 2. The van der Waals surface area contributed by atoms with Crippen LogP contribution in [0.15, 0.2) is 0 Å². The Hall–Kier alpha value is -0.570. The molecule has 3 heteroatoms. The summed E-state index contributed by atoms with van der Waals surface area (Å²) in [5.41, 5.74) is 0. The second-order valence-corrected chi connectivity index (χ2v) is 3.54. The van der Waals surface area contributed by atoms with Crippen LogP contribution in [0.25, 0.3) is 0 Å². The quantitative estimate of drug-likeness (QED) is 0.639. The Morgan fingerprint density at radius 1 is 1.17 bits per heavy atom. The summed E-state index contributed by atoms with van der Waals surface area (Å²) in [6.45, 7) is 1.59. The van der Waals surface area contributed by atoms with Gasteiger partial charge in [0.05, 0.1) is 0 Å². The normalized spacial score (nSPS) is 29.8. The Labute approximate surface area is 73.9 Å². The molecule has 0 aromatic carbocycles. The van der Waals surface area contributed by atoms with E-state index in [0.29, 0.717) is 12.1 Å². The molecule has 0 aromatic heterocycles. The van der Waals surface area contributed by atoms with E-state index in [1.807, 2.05) is 7.05 Å². The molecule has 1 aliphatic rings. The lowest BCUT2D eigenvalue weighted by atomic mass is 9.91. The van der Waals surface area contributed by atoms with Gasteiger partial charge >= 0.3 is 0 Å². The minimum atomic E-state index is 0.0999. The summed E-state index contributed by atoms with van der Waals surface area (Å²) in [4.78, 5) is 10.7. The van der Waals surface area contributed by atoms with E-state index in [4.69, 9.17) is 0 Å². The van der Waals surface area contributed by atoms with E-state index in [-0.39, 0.29) is 5.91 Å². The fourth-order valence-electron chi connectivity index (χ4n) is 1.81. The van der Waals surface area contributed by atoms with E-state index in [0.717, 1.165) is 12.8 Å². The maximum atomic E-state index is 10.7. The molecule has 0 heterocycles. The van der Waals surface area contributed by atoms with Crippen molar-refractivity contribution >= 4 is 5.91 Å². The maximum absolute atomic E-state index is 10.7. The molecular weight excluding hydrogens is 152 g/mol. The van der Waals surface area contributed by atoms with Crippen molar-refractivity contribution in [2.45, 2.75) is 44.7 Å². The molecule has 0 saturated heterocycles. The Balaban J connectivity index is 2.21. The molecule has 0 spiro atoms. The van der Waals surface area contributed by atoms with Crippen molar-refractivity contribution in [2.24, 2.45) is 0 Å². The smallest absolute Gasteiger partial charge is 0.217 e. The first-order chi connectivity index (χ1) is 5.72. The summed E-state index contributed by atoms with van der Waals surface area (Å²) in [5, 5.41) is 6.22. The molecule has 1 amide bonds. The molecule has 1 aliphatic carbocycles. The summed E-state index contributed by atoms with van der Waals surface area (Å²) in [7, 11) is 2.00. The molecule has 2 N–H and O–H groups in total. The van der Waals surface area contributed by atoms with Crippen LogP contribution < -0.4 is 10.6 Å². The molecule has 0 atom stereocenters. The third-order valence-electron chi connectivity index (χ3n) is 2.54. The van der Waals surface area contributed by atoms with Crippen LogP contribution in [-0.2, 0) is 4.79 Å². The second kappa shape index (κ2) is 4.45. The molecule has 1 saturated carbocycles. The van der Waals surface area contributed by atoms with Crippen molar-refractivity contribution in [3.8, 4) is 0 Å². The number of carbonyl (C=O) groups excluding carboxylic acids is 1. The molecule has 3 nitrogen and oxygen atoms in total. The highest BCUT2D eigenvalue weighted by Crippen LogP contribution is 2.17. The molecule has 0 unspecified atom stereocenters. The van der Waals surface area contributed by atoms with E-state index in [9.17, 15) is 4.79 Å². The maximum Gasteiger partial charge on any atom is 0.217 e. The van der Waals surface area contributed by atoms with Gasteiger partial charge in [-0.2, -0.15) is 0 Å². The van der Waals surface area contributed by atoms with Crippen LogP contribution in [-0.4, -0.2) is 25.0 Å². The molecule has 1 fully saturated rings. The highest BCUT2D eigenvalue weighted by atomic mass is 16.1. The standard InChI is InChI=1S/C9H18N2O/c1-7(12)11-9-5-3-8(10-2)4-6-9/h8-10H,3-6H2,1-2H3,(H,11,12). The van der Waals surface area contributed by atoms with Gasteiger partial charge in [0.2, 0.25) is 5.91 Å². The Kier molecular flexibility index (Phi) is 3.53. The summed E-state index contributed by atoms with van der Waals surface area (Å²) in [6, 6.07) is 1.09. The predicted molar refractivity (Wildman–Crippen MR) is 48.9 cm³/mol. The zero-order valence-corrected chi connectivity index (χ0v) is 7.89. The number of hydrogen-bond donors (Lipinski definition) is 2. The van der Waals surface area contributed by atoms with Crippen molar-refractivity contribution in [3.05, 3.63) is 0 Å². The predicted octanol–water partition coefficient (Wildman–Crippen LogP) is 0.653. The molecule has 0 radical (unpaired) electrons. The largest absolute Gasteiger partial charge is 0.354 e. The van der Waals surface area contributed by atoms with E-state index >= 15 is 0 Å². The molecule has 1 rings (SSSR count). The number of amides is 1. The van der Waals surface area contributed by atoms with Crippen LogP contribution in [0.3, 0.4) is 0 Å². The van der Waals surface area contributed by atoms with Crippen molar-refractivity contribution in [1.82, 2.24) is 10.6 Å². The number of carbonyl (C=O) groups is 1. The Morgan fingerprint density at radius 3 is 2.08 bits per heavy atom. The third-order valence-corrected chi connectivity index (χ3v) is 2.54. The van der Waals surface area contributed by atoms with Gasteiger partial charge in [-0.05, 0) is 32.7 Å². The van der Waals surface area contributed by atoms with Gasteiger partial charge in [-0.15, -0.1) is 0 Å². The summed E-state index contributed by atoms with van der Waals surface area (Å²) in [6.07, 6.45) is 4.60. The Morgan fingerprint density at radius 2 is 1.67 bits per heavy atom. The van der Waals surface area contributed by atoms with Gasteiger partial charge in [0.15, 0.2) is 0 Å². The van der Waals surface area contributed by atoms with Gasteiger partial charge in [-0.1, -0.05) is 0 Å². The van der Waals surface area contributed by atoms with Crippen molar-refractivity contribution in [2.75, 3.05) is 7.05 Å². The SMILES string of the molecule is CNC1CCC(NC(C)=O)CC1. The monoisotopic (exact) mass is 170 g/mol. The zero-order chi connectivity index (χ0) is 8.97. The lowest BCUT2D eigenvalue weighted by molar-refractivity contribution is -0.119. The molecule has 70 valence electrons. The summed E-state index contributed by atoms with van der Waals surface area (Å²) >= 11 is 0. The molecule has 0 aromatic rings. The molecule has 0 aliphatic heterocycles. The van der Waals surface area contributed by atoms with Gasteiger partial charge in [-0.3, -0.25) is 4.79 Å². The van der Waals surface area contributed by atoms with Gasteiger partial charge in [0.1, 0.15) is 0 Å². The average Bonchev–Trinajstić information content (AvgIpc) is 2.05. The topological polar surface area (TPSA) is 41.1 Å². The van der Waals surface area contributed by atoms with Crippen LogP contribution in [0.5, 0.6) is 0 Å². The lowest BCUT2D eigenvalue weighted by Gasteiger charge is -2.28. The van der Waals surface area contributed by atoms with Crippen LogP contribution in [0.2, 0.25) is 0 Å². The van der Waals surface area contributed by atoms with Gasteiger partial charge < -0.3 is 10.6 Å². The molecule has 0 bridgehead atoms. The van der Waals surface area contributed by atoms with E-state index in [2.05, 4.69) is 10.6 Å². The first-order valence-electron chi connectivity index (χ1n) is 4.66. The van der Waals surface area contributed by atoms with E-state index < -0.39 is 0 Å². The van der Waals surface area contributed by atoms with Crippen LogP contribution in [0, 0.1) is 0 Å². The van der Waals surface area contributed by atoms with E-state index in [1.54, 1.807) is 6.92 Å². The highest BCUT2D eigenvalue weighted by molar-refractivity contribution is 5.73. The highest BCUT2D eigenvalue weighted by Gasteiger charge is 2.19. The molecule has 12 heavy (non-hydrogen) atoms. The van der Waals surface area contributed by atoms with Crippen LogP contribution in [0.4, 0.5) is 0 Å². The lowest BCUT2D eigenvalue weighted by Crippen LogP contribution is -2.40. The van der Waals surface area contributed by atoms with E-state index in [1.165, 1.54) is 12.8 Å². The summed E-state index contributed by atoms with van der Waals surface area (Å²) in [5.74, 6) is 0.0999. The first-order valence-corrected chi connectivity index (χ1v) is 4.66. The number of hydrogen-bond acceptors (Lipinski definition) is 2. The van der Waals surface area contributed by atoms with Gasteiger partial charge in [0.25, 0.3) is 0 Å². The minimum Gasteiger partial charge on any atom is -0.354 e. The fraction of sp³-hybridized carbons (Fsp3) is 0.889. The van der Waals surface area contributed by atoms with Crippen LogP contribution >= 0.6 is 0 Å². The zero-order valence-electron chi connectivity index (χ0n) is 7.89. The number of rotatable bonds is 2. The first kappa shape index (κ1) is 9.52. The van der Waals surface area contributed by atoms with Gasteiger partial charge in [0, 0.05) is 19.0 Å². The van der Waals surface area contributed by atoms with Crippen LogP contribution in [0.1, 0.15) is 32.6 Å². The summed E-state index contributed by atoms with van der Waals surface area (Å²) < 4.78 is 0. The van der Waals surface area contributed by atoms with Crippen molar-refractivity contribution < 1.29 is 4.79 Å². The fourth-order valence-corrected chi connectivity index (χ4v) is 1.81. The third kappa shape index (κ3) is 2.81. The second-order valence-electron chi connectivity index (χ2n) is 3.54. The minimum absolute atomic E-state index is 0.0999. The Bertz CT molecular complexity index is 151. The van der Waals surface area contributed by atoms with Crippen molar-refractivity contribution in [3.63, 3.8) is 0 Å².